The van der Waals surface area contributed by atoms with Gasteiger partial charge in [0.05, 0.1) is 29.0 Å². The number of hydrogen-bond donors (Lipinski definition) is 1. The van der Waals surface area contributed by atoms with Crippen LogP contribution < -0.4 is 5.32 Å². The second-order valence-corrected chi connectivity index (χ2v) is 9.43. The highest BCUT2D eigenvalue weighted by molar-refractivity contribution is 8.14. The Hall–Kier alpha value is -1.53. The predicted molar refractivity (Wildman–Crippen MR) is 112 cm³/mol. The van der Waals surface area contributed by atoms with Gasteiger partial charge < -0.3 is 14.8 Å². The van der Waals surface area contributed by atoms with E-state index in [0.29, 0.717) is 12.5 Å². The number of benzene rings is 1. The van der Waals surface area contributed by atoms with Crippen LogP contribution in [0.1, 0.15) is 51.9 Å². The van der Waals surface area contributed by atoms with Crippen LogP contribution in [-0.4, -0.2) is 42.5 Å². The highest BCUT2D eigenvalue weighted by Crippen LogP contribution is 2.41. The van der Waals surface area contributed by atoms with Crippen molar-refractivity contribution in [1.29, 1.82) is 0 Å². The quantitative estimate of drug-likeness (QED) is 0.722. The second-order valence-electron chi connectivity index (χ2n) is 8.27. The van der Waals surface area contributed by atoms with Crippen molar-refractivity contribution in [3.05, 3.63) is 35.9 Å². The van der Waals surface area contributed by atoms with Crippen molar-refractivity contribution in [2.75, 3.05) is 13.7 Å². The number of amides is 1. The Morgan fingerprint density at radius 3 is 2.48 bits per heavy atom. The molecule has 1 aliphatic rings. The number of rotatable bonds is 7. The van der Waals surface area contributed by atoms with E-state index in [9.17, 15) is 4.79 Å². The normalized spacial score (nSPS) is 21.1. The molecule has 1 aliphatic heterocycles. The molecule has 0 fully saturated rings. The van der Waals surface area contributed by atoms with Crippen molar-refractivity contribution in [1.82, 2.24) is 5.32 Å². The van der Waals surface area contributed by atoms with Crippen LogP contribution in [0, 0.1) is 5.92 Å². The molecule has 0 bridgehead atoms. The summed E-state index contributed by atoms with van der Waals surface area (Å²) in [5.41, 5.74) is 0.700. The monoisotopic (exact) mass is 392 g/mol. The lowest BCUT2D eigenvalue weighted by atomic mass is 10.0. The van der Waals surface area contributed by atoms with E-state index in [1.807, 2.05) is 39.0 Å². The first-order valence-corrected chi connectivity index (χ1v) is 10.4. The molecular formula is C21H32N2O3S. The fraction of sp³-hybridized carbons (Fsp3) is 0.619. The lowest BCUT2D eigenvalue weighted by Crippen LogP contribution is -2.43. The topological polar surface area (TPSA) is 59.9 Å². The first-order valence-electron chi connectivity index (χ1n) is 9.47. The number of nitrogens with zero attached hydrogens (tertiary/aromatic N) is 1. The fourth-order valence-electron chi connectivity index (χ4n) is 3.01. The molecule has 0 saturated heterocycles. The van der Waals surface area contributed by atoms with Crippen molar-refractivity contribution in [3.8, 4) is 0 Å². The summed E-state index contributed by atoms with van der Waals surface area (Å²) in [5, 5.41) is 4.17. The molecule has 0 spiro atoms. The number of nitrogens with one attached hydrogen (secondary N) is 1. The largest absolute Gasteiger partial charge is 0.444 e. The van der Waals surface area contributed by atoms with Gasteiger partial charge in [0.1, 0.15) is 5.60 Å². The molecule has 3 atom stereocenters. The van der Waals surface area contributed by atoms with Crippen LogP contribution >= 0.6 is 11.8 Å². The zero-order valence-electron chi connectivity index (χ0n) is 17.2. The average Bonchev–Trinajstić information content (AvgIpc) is 2.97. The highest BCUT2D eigenvalue weighted by atomic mass is 32.2. The maximum atomic E-state index is 12.3. The van der Waals surface area contributed by atoms with Gasteiger partial charge in [-0.25, -0.2) is 4.79 Å². The molecule has 0 unspecified atom stereocenters. The number of ether oxygens (including phenoxy) is 2. The maximum Gasteiger partial charge on any atom is 0.408 e. The van der Waals surface area contributed by atoms with Crippen LogP contribution in [0.3, 0.4) is 0 Å². The minimum Gasteiger partial charge on any atom is -0.444 e. The van der Waals surface area contributed by atoms with Gasteiger partial charge in [0.25, 0.3) is 0 Å². The summed E-state index contributed by atoms with van der Waals surface area (Å²) in [5.74, 6) is 0.421. The van der Waals surface area contributed by atoms with Gasteiger partial charge in [-0.1, -0.05) is 55.9 Å². The van der Waals surface area contributed by atoms with Crippen LogP contribution in [0.5, 0.6) is 0 Å². The molecule has 150 valence electrons. The van der Waals surface area contributed by atoms with Gasteiger partial charge in [-0.2, -0.15) is 0 Å². The number of alkyl carbamates (subject to hydrolysis) is 1. The van der Waals surface area contributed by atoms with Gasteiger partial charge >= 0.3 is 6.09 Å². The molecule has 1 amide bonds. The minimum absolute atomic E-state index is 0.0347. The number of aliphatic imine (C=N–C) groups is 1. The van der Waals surface area contributed by atoms with E-state index >= 15 is 0 Å². The van der Waals surface area contributed by atoms with E-state index in [0.717, 1.165) is 11.5 Å². The smallest absolute Gasteiger partial charge is 0.408 e. The van der Waals surface area contributed by atoms with E-state index < -0.39 is 11.7 Å². The van der Waals surface area contributed by atoms with Crippen molar-refractivity contribution in [2.24, 2.45) is 10.9 Å². The molecular weight excluding hydrogens is 360 g/mol. The number of thioether (sulfide) groups is 1. The first-order chi connectivity index (χ1) is 12.7. The van der Waals surface area contributed by atoms with Gasteiger partial charge in [0, 0.05) is 7.11 Å². The summed E-state index contributed by atoms with van der Waals surface area (Å²) in [7, 11) is 1.70. The molecule has 6 heteroatoms. The molecule has 27 heavy (non-hydrogen) atoms. The molecule has 1 aromatic carbocycles. The van der Waals surface area contributed by atoms with Crippen LogP contribution in [0.2, 0.25) is 0 Å². The summed E-state index contributed by atoms with van der Waals surface area (Å²) < 4.78 is 10.9. The summed E-state index contributed by atoms with van der Waals surface area (Å²) >= 11 is 1.72. The number of hydrogen-bond acceptors (Lipinski definition) is 5. The van der Waals surface area contributed by atoms with E-state index in [1.54, 1.807) is 18.9 Å². The van der Waals surface area contributed by atoms with Gasteiger partial charge in [-0.3, -0.25) is 4.99 Å². The molecule has 1 aromatic rings. The highest BCUT2D eigenvalue weighted by Gasteiger charge is 2.35. The Balaban J connectivity index is 2.18. The summed E-state index contributed by atoms with van der Waals surface area (Å²) in [6.07, 6.45) is 0.412. The maximum absolute atomic E-state index is 12.3. The van der Waals surface area contributed by atoms with Gasteiger partial charge in [0.15, 0.2) is 0 Å². The SMILES string of the molecule is COC[C@@H]1N=C([C@H](CC(C)C)NC(=O)OC(C)(C)C)S[C@@H]1c1ccccc1. The molecule has 0 aromatic heterocycles. The molecule has 0 aliphatic carbocycles. The van der Waals surface area contributed by atoms with Gasteiger partial charge in [0.2, 0.25) is 0 Å². The third-order valence-electron chi connectivity index (χ3n) is 4.05. The Morgan fingerprint density at radius 2 is 1.93 bits per heavy atom. The van der Waals surface area contributed by atoms with Crippen LogP contribution in [0.25, 0.3) is 0 Å². The number of methoxy groups -OCH3 is 1. The molecule has 0 radical (unpaired) electrons. The van der Waals surface area contributed by atoms with Crippen molar-refractivity contribution in [3.63, 3.8) is 0 Å². The van der Waals surface area contributed by atoms with E-state index in [2.05, 4.69) is 31.3 Å². The standard InChI is InChI=1S/C21H32N2O3S/c1-14(2)12-16(23-20(24)26-21(3,4)5)19-22-17(13-25-6)18(27-19)15-10-8-7-9-11-15/h7-11,14,16-18H,12-13H2,1-6H3,(H,23,24)/t16-,17-,18+/m0/s1. The lowest BCUT2D eigenvalue weighted by Gasteiger charge is -2.24. The zero-order valence-corrected chi connectivity index (χ0v) is 18.0. The molecule has 1 N–H and O–H groups in total. The van der Waals surface area contributed by atoms with E-state index in [4.69, 9.17) is 14.5 Å². The lowest BCUT2D eigenvalue weighted by molar-refractivity contribution is 0.0515. The Bertz CT molecular complexity index is 641. The van der Waals surface area contributed by atoms with Crippen LogP contribution in [-0.2, 0) is 9.47 Å². The van der Waals surface area contributed by atoms with Crippen molar-refractivity contribution < 1.29 is 14.3 Å². The fourth-order valence-corrected chi connectivity index (χ4v) is 4.38. The zero-order chi connectivity index (χ0) is 20.0. The Labute approximate surface area is 167 Å². The first kappa shape index (κ1) is 21.8. The number of carbonyl (C=O) groups is 1. The predicted octanol–water partition coefficient (Wildman–Crippen LogP) is 4.83. The minimum atomic E-state index is -0.526. The second kappa shape index (κ2) is 9.60. The Kier molecular flexibility index (Phi) is 7.74. The molecule has 2 rings (SSSR count). The Morgan fingerprint density at radius 1 is 1.26 bits per heavy atom. The third-order valence-corrected chi connectivity index (χ3v) is 5.52. The van der Waals surface area contributed by atoms with Crippen molar-refractivity contribution in [2.45, 2.75) is 64.0 Å². The van der Waals surface area contributed by atoms with Gasteiger partial charge in [-0.15, -0.1) is 0 Å². The van der Waals surface area contributed by atoms with Crippen LogP contribution in [0.15, 0.2) is 35.3 Å². The van der Waals surface area contributed by atoms with E-state index in [1.165, 1.54) is 5.56 Å². The van der Waals surface area contributed by atoms with E-state index in [-0.39, 0.29) is 17.3 Å². The van der Waals surface area contributed by atoms with Crippen LogP contribution in [0.4, 0.5) is 4.79 Å². The summed E-state index contributed by atoms with van der Waals surface area (Å²) in [6.45, 7) is 10.4. The summed E-state index contributed by atoms with van der Waals surface area (Å²) in [6, 6.07) is 10.2. The van der Waals surface area contributed by atoms with Gasteiger partial charge in [-0.05, 0) is 38.7 Å². The summed E-state index contributed by atoms with van der Waals surface area (Å²) in [4.78, 5) is 17.3. The third kappa shape index (κ3) is 6.85. The molecule has 1 heterocycles. The van der Waals surface area contributed by atoms with Crippen molar-refractivity contribution >= 4 is 22.9 Å². The molecule has 0 saturated carbocycles. The number of carbonyl (C=O) groups excluding carboxylic acids is 1. The molecule has 5 nitrogen and oxygen atoms in total. The average molecular weight is 393 g/mol.